The molecular weight excluding hydrogens is 372 g/mol. The summed E-state index contributed by atoms with van der Waals surface area (Å²) in [6.45, 7) is 9.04. The molecular formula is C25H32N4O. The molecule has 2 aromatic carbocycles. The summed E-state index contributed by atoms with van der Waals surface area (Å²) in [7, 11) is 0. The molecule has 5 nitrogen and oxygen atoms in total. The lowest BCUT2D eigenvalue weighted by Gasteiger charge is -2.31. The first-order valence-electron chi connectivity index (χ1n) is 11.6. The van der Waals surface area contributed by atoms with Gasteiger partial charge in [0.05, 0.1) is 6.04 Å². The molecule has 3 saturated heterocycles. The standard InChI is InChI=1S/C25H32N4O/c1-2-4-23-18(3-1)13-24(29-16-19-14-27-15-20(19)17-29)25(23)30-22-7-5-21(6-8-22)28-11-9-26-10-12-28/h1-8,19-20,24-27H,9-17H2. The molecule has 0 aromatic heterocycles. The molecule has 4 aliphatic rings. The van der Waals surface area contributed by atoms with E-state index in [-0.39, 0.29) is 6.10 Å². The smallest absolute Gasteiger partial charge is 0.140 e. The average Bonchev–Trinajstić information content (AvgIpc) is 3.49. The lowest BCUT2D eigenvalue weighted by Crippen LogP contribution is -2.43. The Morgan fingerprint density at radius 2 is 1.57 bits per heavy atom. The van der Waals surface area contributed by atoms with Gasteiger partial charge in [0.25, 0.3) is 0 Å². The molecule has 2 N–H and O–H groups in total. The van der Waals surface area contributed by atoms with Gasteiger partial charge in [-0.05, 0) is 66.7 Å². The average molecular weight is 405 g/mol. The number of likely N-dealkylation sites (tertiary alicyclic amines) is 1. The third kappa shape index (κ3) is 3.39. The van der Waals surface area contributed by atoms with E-state index in [4.69, 9.17) is 4.74 Å². The molecule has 1 aliphatic carbocycles. The van der Waals surface area contributed by atoms with Gasteiger partial charge < -0.3 is 20.3 Å². The minimum Gasteiger partial charge on any atom is -0.484 e. The fourth-order valence-corrected chi connectivity index (χ4v) is 5.97. The Morgan fingerprint density at radius 3 is 2.33 bits per heavy atom. The number of nitrogens with zero attached hydrogens (tertiary/aromatic N) is 2. The van der Waals surface area contributed by atoms with Gasteiger partial charge in [0.15, 0.2) is 0 Å². The van der Waals surface area contributed by atoms with Gasteiger partial charge in [-0.2, -0.15) is 0 Å². The SMILES string of the molecule is c1ccc2c(c1)CC(N1CC3CNCC3C1)C2Oc1ccc(N2CCNCC2)cc1. The van der Waals surface area contributed by atoms with E-state index in [1.165, 1.54) is 43.0 Å². The maximum absolute atomic E-state index is 6.70. The van der Waals surface area contributed by atoms with Crippen molar-refractivity contribution in [3.63, 3.8) is 0 Å². The van der Waals surface area contributed by atoms with E-state index in [0.29, 0.717) is 6.04 Å². The van der Waals surface area contributed by atoms with Crippen molar-refractivity contribution >= 4 is 5.69 Å². The molecule has 6 rings (SSSR count). The second-order valence-corrected chi connectivity index (χ2v) is 9.37. The number of ether oxygens (including phenoxy) is 1. The van der Waals surface area contributed by atoms with Gasteiger partial charge in [0.2, 0.25) is 0 Å². The lowest BCUT2D eigenvalue weighted by atomic mass is 10.0. The highest BCUT2D eigenvalue weighted by Crippen LogP contribution is 2.41. The number of hydrogen-bond acceptors (Lipinski definition) is 5. The summed E-state index contributed by atoms with van der Waals surface area (Å²) in [5.74, 6) is 2.61. The highest BCUT2D eigenvalue weighted by atomic mass is 16.5. The first-order chi connectivity index (χ1) is 14.8. The Balaban J connectivity index is 1.22. The highest BCUT2D eigenvalue weighted by Gasteiger charge is 2.44. The van der Waals surface area contributed by atoms with Crippen molar-refractivity contribution in [1.29, 1.82) is 0 Å². The van der Waals surface area contributed by atoms with E-state index in [2.05, 4.69) is 69.0 Å². The Morgan fingerprint density at radius 1 is 0.833 bits per heavy atom. The van der Waals surface area contributed by atoms with Crippen LogP contribution in [0.1, 0.15) is 17.2 Å². The van der Waals surface area contributed by atoms with Gasteiger partial charge in [-0.15, -0.1) is 0 Å². The van der Waals surface area contributed by atoms with E-state index >= 15 is 0 Å². The van der Waals surface area contributed by atoms with Gasteiger partial charge in [-0.3, -0.25) is 4.90 Å². The van der Waals surface area contributed by atoms with Crippen LogP contribution in [-0.2, 0) is 6.42 Å². The zero-order chi connectivity index (χ0) is 19.9. The maximum Gasteiger partial charge on any atom is 0.140 e. The molecule has 0 spiro atoms. The zero-order valence-corrected chi connectivity index (χ0v) is 17.6. The van der Waals surface area contributed by atoms with Crippen molar-refractivity contribution in [3.8, 4) is 5.75 Å². The van der Waals surface area contributed by atoms with Crippen molar-refractivity contribution < 1.29 is 4.74 Å². The third-order valence-electron chi connectivity index (χ3n) is 7.61. The van der Waals surface area contributed by atoms with Crippen LogP contribution in [0.15, 0.2) is 48.5 Å². The lowest BCUT2D eigenvalue weighted by molar-refractivity contribution is 0.0890. The minimum atomic E-state index is 0.123. The van der Waals surface area contributed by atoms with Crippen molar-refractivity contribution in [2.45, 2.75) is 18.6 Å². The monoisotopic (exact) mass is 404 g/mol. The molecule has 5 heteroatoms. The number of piperazine rings is 1. The second kappa shape index (κ2) is 7.88. The summed E-state index contributed by atoms with van der Waals surface area (Å²) in [5, 5.41) is 6.99. The van der Waals surface area contributed by atoms with Gasteiger partial charge in [0, 0.05) is 45.0 Å². The predicted molar refractivity (Wildman–Crippen MR) is 120 cm³/mol. The first-order valence-corrected chi connectivity index (χ1v) is 11.6. The fraction of sp³-hybridized carbons (Fsp3) is 0.520. The van der Waals surface area contributed by atoms with Crippen LogP contribution in [0.25, 0.3) is 0 Å². The van der Waals surface area contributed by atoms with Gasteiger partial charge in [-0.25, -0.2) is 0 Å². The van der Waals surface area contributed by atoms with Crippen LogP contribution in [-0.4, -0.2) is 63.3 Å². The van der Waals surface area contributed by atoms with Crippen molar-refractivity contribution in [2.75, 3.05) is 57.3 Å². The van der Waals surface area contributed by atoms with Crippen LogP contribution in [0.2, 0.25) is 0 Å². The number of anilines is 1. The molecule has 3 aliphatic heterocycles. The molecule has 3 heterocycles. The van der Waals surface area contributed by atoms with Crippen LogP contribution in [0, 0.1) is 11.8 Å². The Hall–Kier alpha value is -2.08. The molecule has 0 bridgehead atoms. The van der Waals surface area contributed by atoms with E-state index in [1.807, 2.05) is 0 Å². The van der Waals surface area contributed by atoms with Gasteiger partial charge >= 0.3 is 0 Å². The zero-order valence-electron chi connectivity index (χ0n) is 17.6. The molecule has 158 valence electrons. The molecule has 0 amide bonds. The quantitative estimate of drug-likeness (QED) is 0.818. The second-order valence-electron chi connectivity index (χ2n) is 9.37. The van der Waals surface area contributed by atoms with E-state index in [9.17, 15) is 0 Å². The van der Waals surface area contributed by atoms with Crippen molar-refractivity contribution in [1.82, 2.24) is 15.5 Å². The highest BCUT2D eigenvalue weighted by molar-refractivity contribution is 5.50. The predicted octanol–water partition coefficient (Wildman–Crippen LogP) is 2.29. The summed E-state index contributed by atoms with van der Waals surface area (Å²) < 4.78 is 6.70. The topological polar surface area (TPSA) is 39.8 Å². The van der Waals surface area contributed by atoms with Crippen LogP contribution >= 0.6 is 0 Å². The van der Waals surface area contributed by atoms with Gasteiger partial charge in [0.1, 0.15) is 11.9 Å². The number of fused-ring (bicyclic) bond motifs is 2. The first kappa shape index (κ1) is 18.7. The summed E-state index contributed by atoms with van der Waals surface area (Å²) in [5.41, 5.74) is 4.14. The van der Waals surface area contributed by atoms with Crippen LogP contribution in [0.3, 0.4) is 0 Å². The third-order valence-corrected chi connectivity index (χ3v) is 7.61. The molecule has 30 heavy (non-hydrogen) atoms. The number of rotatable bonds is 4. The van der Waals surface area contributed by atoms with Crippen LogP contribution < -0.4 is 20.3 Å². The fourth-order valence-electron chi connectivity index (χ4n) is 5.97. The summed E-state index contributed by atoms with van der Waals surface area (Å²) in [4.78, 5) is 5.17. The van der Waals surface area contributed by atoms with Crippen LogP contribution in [0.4, 0.5) is 5.69 Å². The number of hydrogen-bond donors (Lipinski definition) is 2. The van der Waals surface area contributed by atoms with Crippen molar-refractivity contribution in [3.05, 3.63) is 59.7 Å². The van der Waals surface area contributed by atoms with Crippen molar-refractivity contribution in [2.24, 2.45) is 11.8 Å². The molecule has 3 fully saturated rings. The number of benzene rings is 2. The summed E-state index contributed by atoms with van der Waals surface area (Å²) >= 11 is 0. The van der Waals surface area contributed by atoms with E-state index < -0.39 is 0 Å². The molecule has 2 aromatic rings. The van der Waals surface area contributed by atoms with Gasteiger partial charge in [-0.1, -0.05) is 24.3 Å². The Bertz CT molecular complexity index is 867. The minimum absolute atomic E-state index is 0.123. The molecule has 0 saturated carbocycles. The molecule has 0 radical (unpaired) electrons. The van der Waals surface area contributed by atoms with E-state index in [1.54, 1.807) is 0 Å². The molecule has 4 atom stereocenters. The normalized spacial score (nSPS) is 31.0. The molecule has 4 unspecified atom stereocenters. The number of nitrogens with one attached hydrogen (secondary N) is 2. The van der Waals surface area contributed by atoms with E-state index in [0.717, 1.165) is 50.2 Å². The van der Waals surface area contributed by atoms with Crippen LogP contribution in [0.5, 0.6) is 5.75 Å². The largest absolute Gasteiger partial charge is 0.484 e. The Kier molecular flexibility index (Phi) is 4.90. The maximum atomic E-state index is 6.70. The summed E-state index contributed by atoms with van der Waals surface area (Å²) in [6.07, 6.45) is 1.23. The summed E-state index contributed by atoms with van der Waals surface area (Å²) in [6, 6.07) is 18.1. The Labute approximate surface area is 179 Å².